The molecule has 2 rings (SSSR count). The summed E-state index contributed by atoms with van der Waals surface area (Å²) >= 11 is 0. The van der Waals surface area contributed by atoms with Crippen molar-refractivity contribution in [3.8, 4) is 0 Å². The quantitative estimate of drug-likeness (QED) is 0.243. The van der Waals surface area contributed by atoms with Gasteiger partial charge >= 0.3 is 0 Å². The topological polar surface area (TPSA) is 190 Å². The average Bonchev–Trinajstić information content (AvgIpc) is 2.54. The monoisotopic (exact) mass is 342 g/mol. The summed E-state index contributed by atoms with van der Waals surface area (Å²) in [7, 11) is 0. The van der Waals surface area contributed by atoms with Crippen LogP contribution in [0.15, 0.2) is 0 Å². The first kappa shape index (κ1) is 18.9. The molecule has 2 aliphatic rings. The molecule has 0 amide bonds. The van der Waals surface area contributed by atoms with E-state index in [2.05, 4.69) is 0 Å². The zero-order chi connectivity index (χ0) is 17.3. The minimum Gasteiger partial charge on any atom is -0.394 e. The van der Waals surface area contributed by atoms with Gasteiger partial charge in [-0.2, -0.15) is 0 Å². The highest BCUT2D eigenvalue weighted by Gasteiger charge is 2.50. The van der Waals surface area contributed by atoms with Crippen LogP contribution in [0.3, 0.4) is 0 Å². The fourth-order valence-corrected chi connectivity index (χ4v) is 2.56. The standard InChI is InChI=1S/C12H22O11/c13-1-3-5(15)7(17)8(18)12(22-3)23-10-6(16)4(2-14)21-11(20)9(10)19/h3-20H,1-2H2/t3-,4+,5-,6+,7+,8+,9+,10-,11+,12-/m0/s1. The summed E-state index contributed by atoms with van der Waals surface area (Å²) < 4.78 is 15.1. The Morgan fingerprint density at radius 3 is 1.78 bits per heavy atom. The maximum atomic E-state index is 10.00. The highest BCUT2D eigenvalue weighted by molar-refractivity contribution is 4.93. The van der Waals surface area contributed by atoms with Gasteiger partial charge < -0.3 is 55.1 Å². The summed E-state index contributed by atoms with van der Waals surface area (Å²) in [5, 5.41) is 76.8. The highest BCUT2D eigenvalue weighted by atomic mass is 16.7. The molecule has 0 unspecified atom stereocenters. The van der Waals surface area contributed by atoms with E-state index in [1.54, 1.807) is 0 Å². The third kappa shape index (κ3) is 3.65. The van der Waals surface area contributed by atoms with Crippen molar-refractivity contribution in [2.45, 2.75) is 61.4 Å². The molecular weight excluding hydrogens is 320 g/mol. The Morgan fingerprint density at radius 2 is 1.22 bits per heavy atom. The lowest BCUT2D eigenvalue weighted by molar-refractivity contribution is -0.355. The number of hydrogen-bond acceptors (Lipinski definition) is 11. The van der Waals surface area contributed by atoms with Gasteiger partial charge in [0.05, 0.1) is 13.2 Å². The minimum atomic E-state index is -1.76. The maximum Gasteiger partial charge on any atom is 0.187 e. The van der Waals surface area contributed by atoms with Crippen LogP contribution >= 0.6 is 0 Å². The van der Waals surface area contributed by atoms with Gasteiger partial charge in [-0.3, -0.25) is 0 Å². The summed E-state index contributed by atoms with van der Waals surface area (Å²) in [6.45, 7) is -1.34. The van der Waals surface area contributed by atoms with E-state index >= 15 is 0 Å². The molecule has 2 heterocycles. The van der Waals surface area contributed by atoms with Crippen LogP contribution in [0, 0.1) is 0 Å². The van der Waals surface area contributed by atoms with E-state index in [0.717, 1.165) is 0 Å². The molecular formula is C12H22O11. The third-order valence-corrected chi connectivity index (χ3v) is 3.98. The zero-order valence-electron chi connectivity index (χ0n) is 12.0. The Labute approximate surface area is 130 Å². The van der Waals surface area contributed by atoms with Crippen molar-refractivity contribution in [1.29, 1.82) is 0 Å². The Balaban J connectivity index is 2.11. The number of ether oxygens (including phenoxy) is 3. The Kier molecular flexibility index (Phi) is 6.27. The highest BCUT2D eigenvalue weighted by Crippen LogP contribution is 2.28. The van der Waals surface area contributed by atoms with Crippen molar-refractivity contribution in [2.24, 2.45) is 0 Å². The lowest BCUT2D eigenvalue weighted by Gasteiger charge is -2.45. The van der Waals surface area contributed by atoms with Crippen molar-refractivity contribution >= 4 is 0 Å². The molecule has 11 heteroatoms. The van der Waals surface area contributed by atoms with Gasteiger partial charge in [-0.25, -0.2) is 0 Å². The van der Waals surface area contributed by atoms with Gasteiger partial charge in [-0.05, 0) is 0 Å². The summed E-state index contributed by atoms with van der Waals surface area (Å²) in [4.78, 5) is 0. The predicted molar refractivity (Wildman–Crippen MR) is 68.6 cm³/mol. The minimum absolute atomic E-state index is 0.667. The number of hydrogen-bond donors (Lipinski definition) is 8. The van der Waals surface area contributed by atoms with E-state index in [0.29, 0.717) is 0 Å². The van der Waals surface area contributed by atoms with E-state index in [4.69, 9.17) is 24.4 Å². The molecule has 23 heavy (non-hydrogen) atoms. The SMILES string of the molecule is OC[C@@H]1O[C@@H](O[C@@H]2[C@@H](O)[C@H](O)O[C@H](CO)[C@H]2O)[C@H](O)[C@H](O)[C@H]1O. The van der Waals surface area contributed by atoms with Crippen molar-refractivity contribution < 1.29 is 55.1 Å². The smallest absolute Gasteiger partial charge is 0.187 e. The second kappa shape index (κ2) is 7.63. The predicted octanol–water partition coefficient (Wildman–Crippen LogP) is -5.40. The summed E-state index contributed by atoms with van der Waals surface area (Å²) in [6.07, 6.45) is -15.7. The Bertz CT molecular complexity index is 380. The van der Waals surface area contributed by atoms with Crippen LogP contribution in [-0.2, 0) is 14.2 Å². The van der Waals surface area contributed by atoms with Crippen molar-refractivity contribution in [1.82, 2.24) is 0 Å². The van der Waals surface area contributed by atoms with Crippen LogP contribution in [0.4, 0.5) is 0 Å². The molecule has 10 atom stereocenters. The van der Waals surface area contributed by atoms with Crippen LogP contribution in [0.5, 0.6) is 0 Å². The number of aliphatic hydroxyl groups excluding tert-OH is 8. The molecule has 2 saturated heterocycles. The van der Waals surface area contributed by atoms with Gasteiger partial charge in [0.1, 0.15) is 48.8 Å². The van der Waals surface area contributed by atoms with Crippen molar-refractivity contribution in [2.75, 3.05) is 13.2 Å². The Hall–Kier alpha value is -0.440. The van der Waals surface area contributed by atoms with Crippen LogP contribution in [-0.4, -0.2) is 115 Å². The van der Waals surface area contributed by atoms with E-state index in [-0.39, 0.29) is 0 Å². The van der Waals surface area contributed by atoms with Crippen LogP contribution in [0.2, 0.25) is 0 Å². The second-order valence-corrected chi connectivity index (χ2v) is 5.53. The van der Waals surface area contributed by atoms with Crippen molar-refractivity contribution in [3.05, 3.63) is 0 Å². The molecule has 0 radical (unpaired) electrons. The van der Waals surface area contributed by atoms with E-state index in [1.807, 2.05) is 0 Å². The average molecular weight is 342 g/mol. The first-order valence-electron chi connectivity index (χ1n) is 7.08. The molecule has 0 aromatic rings. The molecule has 0 saturated carbocycles. The van der Waals surface area contributed by atoms with Gasteiger partial charge in [0.15, 0.2) is 12.6 Å². The molecule has 2 aliphatic heterocycles. The molecule has 0 bridgehead atoms. The molecule has 11 nitrogen and oxygen atoms in total. The van der Waals surface area contributed by atoms with Gasteiger partial charge in [-0.15, -0.1) is 0 Å². The fourth-order valence-electron chi connectivity index (χ4n) is 2.56. The first-order valence-corrected chi connectivity index (χ1v) is 7.08. The van der Waals surface area contributed by atoms with E-state index in [1.165, 1.54) is 0 Å². The number of rotatable bonds is 4. The normalized spacial score (nSPS) is 51.7. The molecule has 2 fully saturated rings. The van der Waals surface area contributed by atoms with Crippen LogP contribution in [0.25, 0.3) is 0 Å². The molecule has 8 N–H and O–H groups in total. The van der Waals surface area contributed by atoms with Crippen molar-refractivity contribution in [3.63, 3.8) is 0 Å². The van der Waals surface area contributed by atoms with Crippen LogP contribution in [0.1, 0.15) is 0 Å². The Morgan fingerprint density at radius 1 is 0.652 bits per heavy atom. The first-order chi connectivity index (χ1) is 10.8. The largest absolute Gasteiger partial charge is 0.394 e. The summed E-state index contributed by atoms with van der Waals surface area (Å²) in [5.74, 6) is 0. The molecule has 0 aromatic heterocycles. The van der Waals surface area contributed by atoms with Gasteiger partial charge in [0.2, 0.25) is 0 Å². The van der Waals surface area contributed by atoms with E-state index in [9.17, 15) is 30.6 Å². The maximum absolute atomic E-state index is 10.00. The summed E-state index contributed by atoms with van der Waals surface area (Å²) in [5.41, 5.74) is 0. The number of aliphatic hydroxyl groups is 8. The lowest BCUT2D eigenvalue weighted by Crippen LogP contribution is -2.64. The van der Waals surface area contributed by atoms with Gasteiger partial charge in [0, 0.05) is 0 Å². The molecule has 0 aromatic carbocycles. The van der Waals surface area contributed by atoms with E-state index < -0.39 is 74.6 Å². The zero-order valence-corrected chi connectivity index (χ0v) is 12.0. The van der Waals surface area contributed by atoms with Gasteiger partial charge in [0.25, 0.3) is 0 Å². The third-order valence-electron chi connectivity index (χ3n) is 3.98. The van der Waals surface area contributed by atoms with Gasteiger partial charge in [-0.1, -0.05) is 0 Å². The summed E-state index contributed by atoms with van der Waals surface area (Å²) in [6, 6.07) is 0. The second-order valence-electron chi connectivity index (χ2n) is 5.53. The molecule has 136 valence electrons. The molecule has 0 spiro atoms. The van der Waals surface area contributed by atoms with Crippen LogP contribution < -0.4 is 0 Å². The molecule has 0 aliphatic carbocycles. The lowest BCUT2D eigenvalue weighted by atomic mass is 9.97. The fraction of sp³-hybridized carbons (Fsp3) is 1.00.